The summed E-state index contributed by atoms with van der Waals surface area (Å²) in [5.41, 5.74) is 5.24. The first-order chi connectivity index (χ1) is 34.2. The molecule has 10 aromatic rings. The number of rotatable bonds is 10. The minimum atomic E-state index is -1.78. The Labute approximate surface area is 379 Å². The van der Waals surface area contributed by atoms with Gasteiger partial charge in [-0.2, -0.15) is 0 Å². The molecule has 0 saturated carbocycles. The lowest BCUT2D eigenvalue weighted by atomic mass is 9.95. The maximum Gasteiger partial charge on any atom is 0.269 e. The lowest BCUT2D eigenvalue weighted by molar-refractivity contribution is -0.571. The standard InChI is InChI=1S/C54H49N5OSi2/c1-61(2,3)59(62(4,5)6)42-33-34-55-53(36-42)58-49-28-14-13-25-47(49)48-32-31-44(37-52(48)58)60-43-24-17-23-41(35-43)56-38-57(51-30-16-15-29-50(51)56)54-45(39-19-9-7-10-20-39)26-18-27-46(54)40-21-11-8-12-22-40/h7-37H,1-6H3/i7D,8D,9D,10D,11D,12D,19D,20D,21D,22D. The van der Waals surface area contributed by atoms with Gasteiger partial charge in [-0.25, -0.2) is 4.98 Å². The number of aromatic nitrogens is 4. The molecule has 0 fully saturated rings. The molecular formula is C54H49N5OSi2. The fourth-order valence-electron chi connectivity index (χ4n) is 8.91. The molecule has 0 radical (unpaired) electrons. The number of benzene rings is 7. The van der Waals surface area contributed by atoms with Crippen LogP contribution in [0, 0.1) is 6.33 Å². The molecule has 0 aliphatic heterocycles. The average Bonchev–Trinajstić information content (AvgIpc) is 3.89. The van der Waals surface area contributed by atoms with Crippen LogP contribution in [0.2, 0.25) is 39.3 Å². The zero-order chi connectivity index (χ0) is 51.3. The van der Waals surface area contributed by atoms with Crippen molar-refractivity contribution in [1.82, 2.24) is 14.1 Å². The Morgan fingerprint density at radius 2 is 1.21 bits per heavy atom. The predicted octanol–water partition coefficient (Wildman–Crippen LogP) is 13.8. The maximum atomic E-state index is 9.03. The van der Waals surface area contributed by atoms with Crippen molar-refractivity contribution in [2.24, 2.45) is 0 Å². The smallest absolute Gasteiger partial charge is 0.269 e. The molecule has 0 amide bonds. The number of pyridine rings is 1. The van der Waals surface area contributed by atoms with Crippen molar-refractivity contribution in [1.29, 1.82) is 0 Å². The summed E-state index contributed by atoms with van der Waals surface area (Å²) in [6.45, 7) is 14.3. The van der Waals surface area contributed by atoms with Crippen LogP contribution in [0.1, 0.15) is 13.7 Å². The fraction of sp³-hybridized carbons (Fsp3) is 0.111. The molecule has 0 N–H and O–H groups in total. The normalized spacial score (nSPS) is 14.3. The number of ether oxygens (including phenoxy) is 1. The largest absolute Gasteiger partial charge is 0.458 e. The SMILES string of the molecule is [2H]c1c([2H])c([2H])c(-c2cccc(-c3c([2H])c([2H])c([2H])c([2H])c3[2H])c2-[n+]2[c-]n(-c3cccc(Oc4ccc5c6ccccc6n(-c6cc(N([Si](C)(C)C)[Si](C)(C)C)ccn6)c5c4)c3)c3ccccc32)c([2H])c1[2H]. The molecule has 304 valence electrons. The van der Waals surface area contributed by atoms with E-state index in [0.29, 0.717) is 28.2 Å². The highest BCUT2D eigenvalue weighted by Gasteiger charge is 2.35. The summed E-state index contributed by atoms with van der Waals surface area (Å²) < 4.78 is 102. The second-order valence-corrected chi connectivity index (χ2v) is 27.2. The molecule has 7 aromatic carbocycles. The first-order valence-electron chi connectivity index (χ1n) is 25.5. The van der Waals surface area contributed by atoms with Gasteiger partial charge in [0.15, 0.2) is 0 Å². The van der Waals surface area contributed by atoms with E-state index in [9.17, 15) is 0 Å². The molecule has 0 aliphatic carbocycles. The highest BCUT2D eigenvalue weighted by molar-refractivity contribution is 6.99. The number of fused-ring (bicyclic) bond motifs is 4. The molecule has 62 heavy (non-hydrogen) atoms. The maximum absolute atomic E-state index is 9.03. The molecule has 0 unspecified atom stereocenters. The average molecular weight is 850 g/mol. The van der Waals surface area contributed by atoms with Gasteiger partial charge in [0.05, 0.1) is 47.1 Å². The first-order valence-corrected chi connectivity index (χ1v) is 27.4. The Kier molecular flexibility index (Phi) is 7.31. The molecule has 0 aliphatic rings. The topological polar surface area (TPSA) is 39.1 Å². The van der Waals surface area contributed by atoms with Crippen molar-refractivity contribution >= 4 is 55.0 Å². The van der Waals surface area contributed by atoms with Crippen molar-refractivity contribution in [3.05, 3.63) is 194 Å². The number of hydrogen-bond donors (Lipinski definition) is 0. The minimum Gasteiger partial charge on any atom is -0.458 e. The van der Waals surface area contributed by atoms with Gasteiger partial charge in [0, 0.05) is 34.8 Å². The zero-order valence-electron chi connectivity index (χ0n) is 45.3. The van der Waals surface area contributed by atoms with E-state index in [4.69, 9.17) is 23.4 Å². The van der Waals surface area contributed by atoms with Crippen LogP contribution in [0.4, 0.5) is 5.69 Å². The van der Waals surface area contributed by atoms with E-state index in [2.05, 4.69) is 84.7 Å². The fourth-order valence-corrected chi connectivity index (χ4v) is 18.8. The van der Waals surface area contributed by atoms with Gasteiger partial charge in [0.2, 0.25) is 0 Å². The Hall–Kier alpha value is -7.01. The van der Waals surface area contributed by atoms with E-state index in [-0.39, 0.29) is 27.9 Å². The van der Waals surface area contributed by atoms with E-state index in [1.54, 1.807) is 27.3 Å². The third kappa shape index (κ3) is 7.11. The summed E-state index contributed by atoms with van der Waals surface area (Å²) in [4.78, 5) is 4.95. The summed E-state index contributed by atoms with van der Waals surface area (Å²) in [5.74, 6) is 1.93. The Bertz CT molecular complexity index is 3700. The molecule has 0 bridgehead atoms. The highest BCUT2D eigenvalue weighted by atomic mass is 28.4. The molecule has 6 nitrogen and oxygen atoms in total. The summed E-state index contributed by atoms with van der Waals surface area (Å²) in [6, 6.07) is 33.2. The quantitative estimate of drug-likeness (QED) is 0.0782. The minimum absolute atomic E-state index is 0.127. The van der Waals surface area contributed by atoms with Crippen LogP contribution in [0.5, 0.6) is 11.5 Å². The molecule has 0 saturated heterocycles. The second kappa shape index (κ2) is 15.5. The molecular weight excluding hydrogens is 791 g/mol. The lowest BCUT2D eigenvalue weighted by Crippen LogP contribution is -2.59. The van der Waals surface area contributed by atoms with Gasteiger partial charge in [-0.15, -0.1) is 0 Å². The van der Waals surface area contributed by atoms with Crippen molar-refractivity contribution in [2.75, 3.05) is 4.23 Å². The second-order valence-electron chi connectivity index (χ2n) is 17.1. The van der Waals surface area contributed by atoms with Gasteiger partial charge in [-0.3, -0.25) is 13.7 Å². The number of imidazole rings is 1. The van der Waals surface area contributed by atoms with Crippen LogP contribution < -0.4 is 13.5 Å². The van der Waals surface area contributed by atoms with Crippen LogP contribution >= 0.6 is 0 Å². The number of para-hydroxylation sites is 4. The van der Waals surface area contributed by atoms with Crippen molar-refractivity contribution < 1.29 is 23.0 Å². The summed E-state index contributed by atoms with van der Waals surface area (Å²) in [6.07, 6.45) is 5.35. The van der Waals surface area contributed by atoms with Crippen LogP contribution in [-0.4, -0.2) is 30.6 Å². The summed E-state index contributed by atoms with van der Waals surface area (Å²) in [7, 11) is -3.55. The Morgan fingerprint density at radius 1 is 0.597 bits per heavy atom. The molecule has 10 rings (SSSR count). The Balaban J connectivity index is 1.13. The molecule has 8 heteroatoms. The van der Waals surface area contributed by atoms with Gasteiger partial charge < -0.3 is 8.97 Å². The Morgan fingerprint density at radius 3 is 1.90 bits per heavy atom. The predicted molar refractivity (Wildman–Crippen MR) is 262 cm³/mol. The van der Waals surface area contributed by atoms with Crippen molar-refractivity contribution in [2.45, 2.75) is 39.3 Å². The number of nitrogens with zero attached hydrogens (tertiary/aromatic N) is 5. The number of hydrogen-bond acceptors (Lipinski definition) is 3. The van der Waals surface area contributed by atoms with Gasteiger partial charge in [-0.1, -0.05) is 166 Å². The van der Waals surface area contributed by atoms with E-state index < -0.39 is 76.9 Å². The third-order valence-electron chi connectivity index (χ3n) is 10.9. The first kappa shape index (κ1) is 29.3. The van der Waals surface area contributed by atoms with Gasteiger partial charge in [-0.05, 0) is 64.7 Å². The van der Waals surface area contributed by atoms with Crippen molar-refractivity contribution in [3.8, 4) is 50.9 Å². The van der Waals surface area contributed by atoms with Crippen molar-refractivity contribution in [3.63, 3.8) is 0 Å². The molecule has 0 atom stereocenters. The third-order valence-corrected chi connectivity index (χ3v) is 18.1. The summed E-state index contributed by atoms with van der Waals surface area (Å²) in [5, 5.41) is 2.14. The van der Waals surface area contributed by atoms with E-state index in [1.807, 2.05) is 79.0 Å². The van der Waals surface area contributed by atoms with Crippen LogP contribution in [0.3, 0.4) is 0 Å². The highest BCUT2D eigenvalue weighted by Crippen LogP contribution is 2.38. The monoisotopic (exact) mass is 849 g/mol. The van der Waals surface area contributed by atoms with Gasteiger partial charge in [0.25, 0.3) is 6.33 Å². The molecule has 3 heterocycles. The lowest BCUT2D eigenvalue weighted by Gasteiger charge is -2.46. The zero-order valence-corrected chi connectivity index (χ0v) is 37.3. The van der Waals surface area contributed by atoms with Crippen LogP contribution in [-0.2, 0) is 0 Å². The van der Waals surface area contributed by atoms with Gasteiger partial charge in [0.1, 0.15) is 33.8 Å². The summed E-state index contributed by atoms with van der Waals surface area (Å²) >= 11 is 0. The number of anilines is 1. The van der Waals surface area contributed by atoms with E-state index >= 15 is 0 Å². The van der Waals surface area contributed by atoms with E-state index in [0.717, 1.165) is 27.6 Å². The van der Waals surface area contributed by atoms with E-state index in [1.165, 1.54) is 5.69 Å². The van der Waals surface area contributed by atoms with Crippen LogP contribution in [0.25, 0.3) is 72.3 Å². The molecule has 3 aromatic heterocycles. The van der Waals surface area contributed by atoms with Gasteiger partial charge >= 0.3 is 0 Å². The molecule has 0 spiro atoms. The van der Waals surface area contributed by atoms with Crippen LogP contribution in [0.15, 0.2) is 188 Å².